The number of benzene rings is 3. The van der Waals surface area contributed by atoms with Gasteiger partial charge < -0.3 is 4.90 Å². The van der Waals surface area contributed by atoms with E-state index in [1.54, 1.807) is 24.5 Å². The first-order valence-corrected chi connectivity index (χ1v) is 11.1. The maximum atomic E-state index is 11.3. The van der Waals surface area contributed by atoms with E-state index >= 15 is 0 Å². The van der Waals surface area contributed by atoms with E-state index in [0.29, 0.717) is 0 Å². The molecule has 0 fully saturated rings. The van der Waals surface area contributed by atoms with Crippen LogP contribution in [0, 0.1) is 10.1 Å². The molecule has 3 heterocycles. The molecular formula is C27H20N6O2. The van der Waals surface area contributed by atoms with Crippen molar-refractivity contribution in [1.29, 1.82) is 0 Å². The Morgan fingerprint density at radius 2 is 1.43 bits per heavy atom. The minimum absolute atomic E-state index is 0.0382. The number of nitro benzene ring substituents is 1. The van der Waals surface area contributed by atoms with Crippen LogP contribution < -0.4 is 4.90 Å². The van der Waals surface area contributed by atoms with Crippen LogP contribution in [-0.2, 0) is 0 Å². The van der Waals surface area contributed by atoms with E-state index in [1.165, 1.54) is 12.1 Å². The summed E-state index contributed by atoms with van der Waals surface area (Å²) < 4.78 is 2.06. The van der Waals surface area contributed by atoms with E-state index in [4.69, 9.17) is 4.98 Å². The molecule has 6 rings (SSSR count). The molecule has 0 aliphatic heterocycles. The number of pyridine rings is 2. The second-order valence-corrected chi connectivity index (χ2v) is 8.48. The van der Waals surface area contributed by atoms with Crippen LogP contribution in [0.2, 0.25) is 0 Å². The molecule has 0 atom stereocenters. The summed E-state index contributed by atoms with van der Waals surface area (Å²) in [5, 5.41) is 13.1. The summed E-state index contributed by atoms with van der Waals surface area (Å²) in [6, 6.07) is 22.5. The van der Waals surface area contributed by atoms with Gasteiger partial charge in [0.2, 0.25) is 0 Å². The van der Waals surface area contributed by atoms with Crippen molar-refractivity contribution >= 4 is 44.2 Å². The molecule has 0 unspecified atom stereocenters. The van der Waals surface area contributed by atoms with Crippen molar-refractivity contribution in [3.8, 4) is 17.1 Å². The average molecular weight is 460 g/mol. The van der Waals surface area contributed by atoms with Gasteiger partial charge in [0.1, 0.15) is 5.82 Å². The number of imidazole rings is 1. The fourth-order valence-electron chi connectivity index (χ4n) is 4.50. The van der Waals surface area contributed by atoms with E-state index in [0.717, 1.165) is 55.6 Å². The summed E-state index contributed by atoms with van der Waals surface area (Å²) in [6.07, 6.45) is 3.52. The Bertz CT molecular complexity index is 1740. The lowest BCUT2D eigenvalue weighted by molar-refractivity contribution is -0.384. The van der Waals surface area contributed by atoms with Crippen molar-refractivity contribution in [1.82, 2.24) is 19.5 Å². The van der Waals surface area contributed by atoms with Gasteiger partial charge in [-0.2, -0.15) is 0 Å². The minimum atomic E-state index is -0.394. The Morgan fingerprint density at radius 3 is 2.06 bits per heavy atom. The van der Waals surface area contributed by atoms with Gasteiger partial charge in [-0.25, -0.2) is 4.98 Å². The van der Waals surface area contributed by atoms with Crippen LogP contribution in [0.5, 0.6) is 0 Å². The molecule has 0 saturated carbocycles. The highest BCUT2D eigenvalue weighted by Crippen LogP contribution is 2.38. The topological polar surface area (TPSA) is 90.0 Å². The van der Waals surface area contributed by atoms with Crippen molar-refractivity contribution in [3.63, 3.8) is 0 Å². The van der Waals surface area contributed by atoms with Crippen LogP contribution in [0.3, 0.4) is 0 Å². The van der Waals surface area contributed by atoms with Gasteiger partial charge >= 0.3 is 0 Å². The Morgan fingerprint density at radius 1 is 0.800 bits per heavy atom. The Labute approximate surface area is 200 Å². The van der Waals surface area contributed by atoms with Gasteiger partial charge in [0.05, 0.1) is 27.0 Å². The molecule has 8 nitrogen and oxygen atoms in total. The third-order valence-electron chi connectivity index (χ3n) is 6.19. The van der Waals surface area contributed by atoms with Gasteiger partial charge in [-0.1, -0.05) is 0 Å². The zero-order valence-electron chi connectivity index (χ0n) is 19.1. The fourth-order valence-corrected chi connectivity index (χ4v) is 4.50. The molecule has 170 valence electrons. The number of nitrogens with zero attached hydrogens (tertiary/aromatic N) is 6. The fraction of sp³-hybridized carbons (Fsp3) is 0.0741. The largest absolute Gasteiger partial charge is 0.378 e. The lowest BCUT2D eigenvalue weighted by Gasteiger charge is -2.14. The van der Waals surface area contributed by atoms with Gasteiger partial charge in [0.25, 0.3) is 5.69 Å². The van der Waals surface area contributed by atoms with Crippen LogP contribution >= 0.6 is 0 Å². The van der Waals surface area contributed by atoms with Crippen LogP contribution in [0.15, 0.2) is 85.2 Å². The number of aromatic nitrogens is 4. The van der Waals surface area contributed by atoms with Crippen LogP contribution in [0.4, 0.5) is 11.4 Å². The molecular weight excluding hydrogens is 440 g/mol. The van der Waals surface area contributed by atoms with E-state index in [1.807, 2.05) is 67.5 Å². The number of non-ortho nitro benzene ring substituents is 1. The van der Waals surface area contributed by atoms with Gasteiger partial charge in [-0.05, 0) is 60.7 Å². The van der Waals surface area contributed by atoms with Crippen molar-refractivity contribution in [2.75, 3.05) is 19.0 Å². The van der Waals surface area contributed by atoms with E-state index in [-0.39, 0.29) is 5.69 Å². The van der Waals surface area contributed by atoms with Crippen molar-refractivity contribution in [2.24, 2.45) is 0 Å². The average Bonchev–Trinajstić information content (AvgIpc) is 3.30. The van der Waals surface area contributed by atoms with Gasteiger partial charge in [-0.15, -0.1) is 0 Å². The summed E-state index contributed by atoms with van der Waals surface area (Å²) >= 11 is 0. The number of nitro groups is 1. The van der Waals surface area contributed by atoms with Gasteiger partial charge in [0.15, 0.2) is 0 Å². The Hall–Kier alpha value is -4.85. The summed E-state index contributed by atoms with van der Waals surface area (Å²) in [6.45, 7) is 0. The lowest BCUT2D eigenvalue weighted by atomic mass is 10.1. The van der Waals surface area contributed by atoms with Crippen LogP contribution in [0.1, 0.15) is 0 Å². The Kier molecular flexibility index (Phi) is 4.67. The number of hydrogen-bond acceptors (Lipinski definition) is 6. The van der Waals surface area contributed by atoms with E-state index < -0.39 is 4.92 Å². The monoisotopic (exact) mass is 460 g/mol. The molecule has 0 amide bonds. The summed E-state index contributed by atoms with van der Waals surface area (Å²) in [5.74, 6) is 0.737. The Balaban J connectivity index is 1.75. The van der Waals surface area contributed by atoms with Crippen LogP contribution in [-0.4, -0.2) is 38.5 Å². The molecule has 0 radical (unpaired) electrons. The molecule has 8 heteroatoms. The van der Waals surface area contributed by atoms with Gasteiger partial charge in [-0.3, -0.25) is 24.6 Å². The SMILES string of the molecule is CN(C)c1ccc(-c2nc3c4cccnc4c4ncccc4c3n2-c2ccc([N+](=O)[O-])cc2)cc1. The van der Waals surface area contributed by atoms with Crippen molar-refractivity contribution in [3.05, 3.63) is 95.3 Å². The summed E-state index contributed by atoms with van der Waals surface area (Å²) in [4.78, 5) is 27.3. The molecule has 0 N–H and O–H groups in total. The maximum Gasteiger partial charge on any atom is 0.269 e. The zero-order chi connectivity index (χ0) is 24.1. The predicted molar refractivity (Wildman–Crippen MR) is 138 cm³/mol. The van der Waals surface area contributed by atoms with Crippen molar-refractivity contribution in [2.45, 2.75) is 0 Å². The van der Waals surface area contributed by atoms with Crippen LogP contribution in [0.25, 0.3) is 49.9 Å². The third-order valence-corrected chi connectivity index (χ3v) is 6.19. The predicted octanol–water partition coefficient (Wildman–Crippen LogP) is 5.76. The van der Waals surface area contributed by atoms with E-state index in [9.17, 15) is 10.1 Å². The number of hydrogen-bond donors (Lipinski definition) is 0. The number of rotatable bonds is 4. The molecule has 0 aliphatic carbocycles. The lowest BCUT2D eigenvalue weighted by Crippen LogP contribution is -2.08. The molecule has 35 heavy (non-hydrogen) atoms. The summed E-state index contributed by atoms with van der Waals surface area (Å²) in [5.41, 5.74) is 6.09. The first kappa shape index (κ1) is 20.7. The molecule has 0 spiro atoms. The normalized spacial score (nSPS) is 11.4. The van der Waals surface area contributed by atoms with E-state index in [2.05, 4.69) is 14.5 Å². The minimum Gasteiger partial charge on any atom is -0.378 e. The second-order valence-electron chi connectivity index (χ2n) is 8.48. The third kappa shape index (κ3) is 3.26. The highest BCUT2D eigenvalue weighted by atomic mass is 16.6. The maximum absolute atomic E-state index is 11.3. The number of fused-ring (bicyclic) bond motifs is 6. The quantitative estimate of drug-likeness (QED) is 0.189. The molecule has 0 saturated heterocycles. The first-order valence-electron chi connectivity index (χ1n) is 11.1. The second kappa shape index (κ2) is 7.88. The molecule has 3 aromatic heterocycles. The summed E-state index contributed by atoms with van der Waals surface area (Å²) in [7, 11) is 4.00. The van der Waals surface area contributed by atoms with Crippen molar-refractivity contribution < 1.29 is 4.92 Å². The molecule has 3 aromatic carbocycles. The molecule has 6 aromatic rings. The molecule has 0 aliphatic rings. The first-order chi connectivity index (χ1) is 17.0. The number of anilines is 1. The highest BCUT2D eigenvalue weighted by Gasteiger charge is 2.21. The smallest absolute Gasteiger partial charge is 0.269 e. The standard InChI is InChI=1S/C27H20N6O2/c1-31(2)18-9-7-17(8-10-18)27-30-25-21-5-3-15-28-23(21)24-22(6-4-16-29-24)26(25)32(27)19-11-13-20(14-12-19)33(34)35/h3-16H,1-2H3. The van der Waals surface area contributed by atoms with Gasteiger partial charge in [0, 0.05) is 66.3 Å². The highest BCUT2D eigenvalue weighted by molar-refractivity contribution is 6.21. The zero-order valence-corrected chi connectivity index (χ0v) is 19.1. The molecule has 0 bridgehead atoms.